The third-order valence-corrected chi connectivity index (χ3v) is 5.93. The minimum Gasteiger partial charge on any atom is -0.398 e. The second-order valence-corrected chi connectivity index (χ2v) is 7.23. The fourth-order valence-electron chi connectivity index (χ4n) is 2.69. The first kappa shape index (κ1) is 14.3. The summed E-state index contributed by atoms with van der Waals surface area (Å²) in [5.74, 6) is 0. The predicted octanol–water partition coefficient (Wildman–Crippen LogP) is 2.44. The summed E-state index contributed by atoms with van der Waals surface area (Å²) in [6.45, 7) is 4.40. The standard InChI is InChI=1S/C14H22N2O2S/c1-3-14(8-5-9-14)10-16-19(17,18)13-11(2)6-4-7-12(13)15/h4,6-7,16H,3,5,8-10,15H2,1-2H3. The lowest BCUT2D eigenvalue weighted by atomic mass is 9.67. The van der Waals surface area contributed by atoms with Crippen molar-refractivity contribution < 1.29 is 8.42 Å². The first-order chi connectivity index (χ1) is 8.90. The fourth-order valence-corrected chi connectivity index (χ4v) is 4.21. The number of rotatable bonds is 5. The van der Waals surface area contributed by atoms with Crippen molar-refractivity contribution in [2.75, 3.05) is 12.3 Å². The van der Waals surface area contributed by atoms with Crippen LogP contribution in [0.3, 0.4) is 0 Å². The van der Waals surface area contributed by atoms with Crippen LogP contribution in [0.5, 0.6) is 0 Å². The van der Waals surface area contributed by atoms with E-state index in [1.54, 1.807) is 25.1 Å². The van der Waals surface area contributed by atoms with Crippen molar-refractivity contribution in [3.05, 3.63) is 23.8 Å². The highest BCUT2D eigenvalue weighted by Gasteiger charge is 2.36. The SMILES string of the molecule is CCC1(CNS(=O)(=O)c2c(C)cccc2N)CCC1. The predicted molar refractivity (Wildman–Crippen MR) is 77.4 cm³/mol. The normalized spacial score (nSPS) is 18.0. The molecule has 1 fully saturated rings. The number of hydrogen-bond donors (Lipinski definition) is 2. The minimum absolute atomic E-state index is 0.157. The number of hydrogen-bond acceptors (Lipinski definition) is 3. The molecule has 0 bridgehead atoms. The van der Waals surface area contributed by atoms with Crippen molar-refractivity contribution in [2.45, 2.75) is 44.4 Å². The van der Waals surface area contributed by atoms with Gasteiger partial charge in [0.2, 0.25) is 10.0 Å². The van der Waals surface area contributed by atoms with E-state index in [0.29, 0.717) is 17.8 Å². The molecule has 1 aromatic rings. The van der Waals surface area contributed by atoms with Crippen LogP contribution in [0.15, 0.2) is 23.1 Å². The molecule has 0 unspecified atom stereocenters. The van der Waals surface area contributed by atoms with Crippen molar-refractivity contribution in [3.8, 4) is 0 Å². The largest absolute Gasteiger partial charge is 0.398 e. The number of sulfonamides is 1. The Kier molecular flexibility index (Phi) is 3.87. The van der Waals surface area contributed by atoms with Crippen LogP contribution in [0.2, 0.25) is 0 Å². The van der Waals surface area contributed by atoms with Gasteiger partial charge in [0.05, 0.1) is 5.69 Å². The van der Waals surface area contributed by atoms with Gasteiger partial charge in [0.15, 0.2) is 0 Å². The highest BCUT2D eigenvalue weighted by atomic mass is 32.2. The summed E-state index contributed by atoms with van der Waals surface area (Å²) in [6.07, 6.45) is 4.42. The highest BCUT2D eigenvalue weighted by molar-refractivity contribution is 7.89. The summed E-state index contributed by atoms with van der Waals surface area (Å²) in [5, 5.41) is 0. The van der Waals surface area contributed by atoms with Crippen molar-refractivity contribution >= 4 is 15.7 Å². The zero-order valence-corrected chi connectivity index (χ0v) is 12.4. The van der Waals surface area contributed by atoms with E-state index >= 15 is 0 Å². The Morgan fingerprint density at radius 2 is 2.05 bits per heavy atom. The summed E-state index contributed by atoms with van der Waals surface area (Å²) < 4.78 is 27.5. The van der Waals surface area contributed by atoms with Crippen LogP contribution in [0, 0.1) is 12.3 Å². The Morgan fingerprint density at radius 1 is 1.37 bits per heavy atom. The molecule has 0 atom stereocenters. The molecule has 1 saturated carbocycles. The number of anilines is 1. The summed E-state index contributed by atoms with van der Waals surface area (Å²) in [6, 6.07) is 5.16. The molecule has 19 heavy (non-hydrogen) atoms. The Bertz CT molecular complexity index is 537. The van der Waals surface area contributed by atoms with Gasteiger partial charge >= 0.3 is 0 Å². The van der Waals surface area contributed by atoms with E-state index in [9.17, 15) is 8.42 Å². The van der Waals surface area contributed by atoms with Gasteiger partial charge in [0.25, 0.3) is 0 Å². The molecule has 0 saturated heterocycles. The average molecular weight is 282 g/mol. The summed E-state index contributed by atoms with van der Waals surface area (Å²) in [7, 11) is -3.52. The lowest BCUT2D eigenvalue weighted by Gasteiger charge is -2.41. The molecule has 1 aliphatic rings. The quantitative estimate of drug-likeness (QED) is 0.815. The molecule has 1 aliphatic carbocycles. The van der Waals surface area contributed by atoms with Gasteiger partial charge in [0.1, 0.15) is 4.90 Å². The van der Waals surface area contributed by atoms with Crippen molar-refractivity contribution in [3.63, 3.8) is 0 Å². The fraction of sp³-hybridized carbons (Fsp3) is 0.571. The van der Waals surface area contributed by atoms with Crippen LogP contribution in [-0.2, 0) is 10.0 Å². The lowest BCUT2D eigenvalue weighted by Crippen LogP contribution is -2.41. The molecule has 0 heterocycles. The van der Waals surface area contributed by atoms with Gasteiger partial charge in [0, 0.05) is 6.54 Å². The second kappa shape index (κ2) is 5.13. The number of benzene rings is 1. The van der Waals surface area contributed by atoms with Crippen molar-refractivity contribution in [1.29, 1.82) is 0 Å². The Morgan fingerprint density at radius 3 is 2.53 bits per heavy atom. The van der Waals surface area contributed by atoms with Crippen LogP contribution in [0.25, 0.3) is 0 Å². The topological polar surface area (TPSA) is 72.2 Å². The van der Waals surface area contributed by atoms with E-state index in [4.69, 9.17) is 5.73 Å². The Balaban J connectivity index is 2.19. The zero-order valence-electron chi connectivity index (χ0n) is 11.6. The molecule has 0 spiro atoms. The van der Waals surface area contributed by atoms with E-state index in [1.165, 1.54) is 6.42 Å². The van der Waals surface area contributed by atoms with E-state index < -0.39 is 10.0 Å². The molecule has 106 valence electrons. The van der Waals surface area contributed by atoms with Crippen molar-refractivity contribution in [2.24, 2.45) is 5.41 Å². The third kappa shape index (κ3) is 2.77. The van der Waals surface area contributed by atoms with Gasteiger partial charge in [-0.2, -0.15) is 0 Å². The van der Waals surface area contributed by atoms with Crippen molar-refractivity contribution in [1.82, 2.24) is 4.72 Å². The van der Waals surface area contributed by atoms with E-state index in [0.717, 1.165) is 19.3 Å². The average Bonchev–Trinajstić information content (AvgIpc) is 2.27. The van der Waals surface area contributed by atoms with Gasteiger partial charge in [-0.3, -0.25) is 0 Å². The Hall–Kier alpha value is -1.07. The maximum absolute atomic E-state index is 12.4. The first-order valence-electron chi connectivity index (χ1n) is 6.75. The zero-order chi connectivity index (χ0) is 14.1. The minimum atomic E-state index is -3.52. The monoisotopic (exact) mass is 282 g/mol. The van der Waals surface area contributed by atoms with Crippen LogP contribution in [-0.4, -0.2) is 15.0 Å². The van der Waals surface area contributed by atoms with E-state index in [1.807, 2.05) is 0 Å². The summed E-state index contributed by atoms with van der Waals surface area (Å²) in [4.78, 5) is 0.223. The van der Waals surface area contributed by atoms with Crippen LogP contribution < -0.4 is 10.5 Å². The van der Waals surface area contributed by atoms with E-state index in [-0.39, 0.29) is 10.3 Å². The van der Waals surface area contributed by atoms with Gasteiger partial charge in [-0.1, -0.05) is 25.5 Å². The van der Waals surface area contributed by atoms with Gasteiger partial charge < -0.3 is 5.73 Å². The second-order valence-electron chi connectivity index (χ2n) is 5.52. The molecule has 0 radical (unpaired) electrons. The number of nitrogen functional groups attached to an aromatic ring is 1. The molecule has 3 N–H and O–H groups in total. The molecule has 2 rings (SSSR count). The first-order valence-corrected chi connectivity index (χ1v) is 8.23. The molecule has 5 heteroatoms. The lowest BCUT2D eigenvalue weighted by molar-refractivity contribution is 0.133. The summed E-state index contributed by atoms with van der Waals surface area (Å²) >= 11 is 0. The molecule has 1 aromatic carbocycles. The van der Waals surface area contributed by atoms with Crippen LogP contribution >= 0.6 is 0 Å². The van der Waals surface area contributed by atoms with Gasteiger partial charge in [-0.25, -0.2) is 13.1 Å². The van der Waals surface area contributed by atoms with Crippen LogP contribution in [0.1, 0.15) is 38.2 Å². The van der Waals surface area contributed by atoms with Gasteiger partial charge in [-0.05, 0) is 43.2 Å². The summed E-state index contributed by atoms with van der Waals surface area (Å²) in [5.41, 5.74) is 6.96. The van der Waals surface area contributed by atoms with E-state index in [2.05, 4.69) is 11.6 Å². The Labute approximate surface area is 115 Å². The molecule has 0 amide bonds. The number of nitrogens with two attached hydrogens (primary N) is 1. The molecule has 0 aliphatic heterocycles. The van der Waals surface area contributed by atoms with Crippen LogP contribution in [0.4, 0.5) is 5.69 Å². The maximum atomic E-state index is 12.4. The van der Waals surface area contributed by atoms with Gasteiger partial charge in [-0.15, -0.1) is 0 Å². The number of aryl methyl sites for hydroxylation is 1. The highest BCUT2D eigenvalue weighted by Crippen LogP contribution is 2.43. The third-order valence-electron chi connectivity index (χ3n) is 4.31. The molecule has 0 aromatic heterocycles. The molecule has 4 nitrogen and oxygen atoms in total. The maximum Gasteiger partial charge on any atom is 0.242 e. The number of nitrogens with one attached hydrogen (secondary N) is 1. The smallest absolute Gasteiger partial charge is 0.242 e. The molecular formula is C14H22N2O2S. The molecular weight excluding hydrogens is 260 g/mol.